The Hall–Kier alpha value is -3.53. The summed E-state index contributed by atoms with van der Waals surface area (Å²) in [6, 6.07) is 12.1. The van der Waals surface area contributed by atoms with E-state index in [0.29, 0.717) is 36.0 Å². The molecule has 2 aromatic carbocycles. The Morgan fingerprint density at radius 3 is 2.59 bits per heavy atom. The number of carbonyl (C=O) groups is 1. The predicted octanol–water partition coefficient (Wildman–Crippen LogP) is 3.78. The Kier molecular flexibility index (Phi) is 7.37. The lowest BCUT2D eigenvalue weighted by Crippen LogP contribution is -2.30. The SMILES string of the molecule is CCS(=O)(=O)Nc1ccc(NC(=O)NCCc2coc(-c3ccc(C)cc3)n2)cc1OC. The van der Waals surface area contributed by atoms with Gasteiger partial charge in [-0.05, 0) is 38.1 Å². The molecule has 0 aliphatic carbocycles. The van der Waals surface area contributed by atoms with Crippen LogP contribution in [-0.4, -0.2) is 38.8 Å². The first-order valence-corrected chi connectivity index (χ1v) is 11.7. The van der Waals surface area contributed by atoms with Gasteiger partial charge in [0.25, 0.3) is 0 Å². The number of urea groups is 1. The molecule has 170 valence electrons. The van der Waals surface area contributed by atoms with E-state index in [-0.39, 0.29) is 5.75 Å². The highest BCUT2D eigenvalue weighted by Crippen LogP contribution is 2.28. The lowest BCUT2D eigenvalue weighted by Gasteiger charge is -2.13. The molecule has 0 saturated heterocycles. The number of oxazole rings is 1. The van der Waals surface area contributed by atoms with Gasteiger partial charge in [-0.15, -0.1) is 0 Å². The normalized spacial score (nSPS) is 11.1. The first-order valence-electron chi connectivity index (χ1n) is 10.0. The van der Waals surface area contributed by atoms with E-state index in [9.17, 15) is 13.2 Å². The number of aromatic nitrogens is 1. The fraction of sp³-hybridized carbons (Fsp3) is 0.273. The third-order valence-electron chi connectivity index (χ3n) is 4.62. The average molecular weight is 459 g/mol. The van der Waals surface area contributed by atoms with Gasteiger partial charge in [0.2, 0.25) is 15.9 Å². The molecule has 0 radical (unpaired) electrons. The molecule has 0 fully saturated rings. The molecule has 1 heterocycles. The number of hydrogen-bond donors (Lipinski definition) is 3. The molecule has 0 atom stereocenters. The molecule has 9 nitrogen and oxygen atoms in total. The molecule has 0 bridgehead atoms. The van der Waals surface area contributed by atoms with E-state index in [4.69, 9.17) is 9.15 Å². The molecule has 0 spiro atoms. The van der Waals surface area contributed by atoms with Crippen molar-refractivity contribution >= 4 is 27.4 Å². The minimum atomic E-state index is -3.44. The van der Waals surface area contributed by atoms with Gasteiger partial charge in [0, 0.05) is 30.3 Å². The van der Waals surface area contributed by atoms with Crippen LogP contribution in [0.4, 0.5) is 16.2 Å². The molecule has 2 amide bonds. The molecule has 3 N–H and O–H groups in total. The first kappa shape index (κ1) is 23.1. The van der Waals surface area contributed by atoms with Crippen LogP contribution in [0.3, 0.4) is 0 Å². The summed E-state index contributed by atoms with van der Waals surface area (Å²) in [7, 11) is -2.02. The summed E-state index contributed by atoms with van der Waals surface area (Å²) in [6.45, 7) is 3.91. The highest BCUT2D eigenvalue weighted by Gasteiger charge is 2.13. The summed E-state index contributed by atoms with van der Waals surface area (Å²) in [5.41, 5.74) is 3.55. The number of methoxy groups -OCH3 is 1. The van der Waals surface area contributed by atoms with Gasteiger partial charge in [0.15, 0.2) is 0 Å². The fourth-order valence-electron chi connectivity index (χ4n) is 2.82. The van der Waals surface area contributed by atoms with Gasteiger partial charge >= 0.3 is 6.03 Å². The fourth-order valence-corrected chi connectivity index (χ4v) is 3.47. The highest BCUT2D eigenvalue weighted by molar-refractivity contribution is 7.92. The molecule has 1 aromatic heterocycles. The van der Waals surface area contributed by atoms with Crippen LogP contribution in [0.2, 0.25) is 0 Å². The number of carbonyl (C=O) groups excluding carboxylic acids is 1. The van der Waals surface area contributed by atoms with Gasteiger partial charge in [-0.25, -0.2) is 18.2 Å². The second-order valence-electron chi connectivity index (χ2n) is 7.06. The zero-order valence-corrected chi connectivity index (χ0v) is 19.0. The van der Waals surface area contributed by atoms with Crippen molar-refractivity contribution < 1.29 is 22.4 Å². The molecule has 0 saturated carbocycles. The van der Waals surface area contributed by atoms with E-state index in [2.05, 4.69) is 20.3 Å². The quantitative estimate of drug-likeness (QED) is 0.448. The number of nitrogens with one attached hydrogen (secondary N) is 3. The first-order chi connectivity index (χ1) is 15.3. The molecule has 0 aliphatic heterocycles. The summed E-state index contributed by atoms with van der Waals surface area (Å²) in [6.07, 6.45) is 2.08. The number of anilines is 2. The third-order valence-corrected chi connectivity index (χ3v) is 5.91. The number of rotatable bonds is 9. The zero-order chi connectivity index (χ0) is 23.1. The molecular formula is C22H26N4O5S. The molecule has 3 rings (SSSR count). The molecule has 0 unspecified atom stereocenters. The molecule has 3 aromatic rings. The smallest absolute Gasteiger partial charge is 0.319 e. The summed E-state index contributed by atoms with van der Waals surface area (Å²) in [5.74, 6) is 0.776. The largest absolute Gasteiger partial charge is 0.494 e. The summed E-state index contributed by atoms with van der Waals surface area (Å²) >= 11 is 0. The van der Waals surface area contributed by atoms with Gasteiger partial charge in [-0.2, -0.15) is 0 Å². The number of aryl methyl sites for hydroxylation is 1. The third kappa shape index (κ3) is 6.24. The van der Waals surface area contributed by atoms with Crippen molar-refractivity contribution in [1.29, 1.82) is 0 Å². The maximum atomic E-state index is 12.2. The van der Waals surface area contributed by atoms with Crippen molar-refractivity contribution in [2.45, 2.75) is 20.3 Å². The summed E-state index contributed by atoms with van der Waals surface area (Å²) < 4.78 is 36.7. The van der Waals surface area contributed by atoms with E-state index in [0.717, 1.165) is 16.8 Å². The Labute approximate surface area is 187 Å². The van der Waals surface area contributed by atoms with Crippen LogP contribution in [0.5, 0.6) is 5.75 Å². The molecule has 0 aliphatic rings. The number of nitrogens with zero attached hydrogens (tertiary/aromatic N) is 1. The van der Waals surface area contributed by atoms with Crippen molar-refractivity contribution in [3.05, 3.63) is 60.0 Å². The molecule has 32 heavy (non-hydrogen) atoms. The number of sulfonamides is 1. The minimum absolute atomic E-state index is 0.0589. The Bertz CT molecular complexity index is 1170. The highest BCUT2D eigenvalue weighted by atomic mass is 32.2. The monoisotopic (exact) mass is 458 g/mol. The van der Waals surface area contributed by atoms with E-state index in [1.165, 1.54) is 20.1 Å². The van der Waals surface area contributed by atoms with Crippen molar-refractivity contribution in [2.75, 3.05) is 29.4 Å². The Balaban J connectivity index is 1.52. The maximum Gasteiger partial charge on any atom is 0.319 e. The second kappa shape index (κ2) is 10.2. The van der Waals surface area contributed by atoms with Crippen LogP contribution >= 0.6 is 0 Å². The maximum absolute atomic E-state index is 12.2. The number of ether oxygens (including phenoxy) is 1. The average Bonchev–Trinajstić information content (AvgIpc) is 3.24. The number of amides is 2. The van der Waals surface area contributed by atoms with Crippen molar-refractivity contribution in [3.8, 4) is 17.2 Å². The van der Waals surface area contributed by atoms with Crippen molar-refractivity contribution in [1.82, 2.24) is 10.3 Å². The van der Waals surface area contributed by atoms with Crippen molar-refractivity contribution in [3.63, 3.8) is 0 Å². The molecular weight excluding hydrogens is 432 g/mol. The van der Waals surface area contributed by atoms with E-state index in [1.807, 2.05) is 31.2 Å². The standard InChI is InChI=1S/C22H26N4O5S/c1-4-32(28,29)26-19-10-9-17(13-20(19)30-3)25-22(27)23-12-11-18-14-31-21(24-18)16-7-5-15(2)6-8-16/h5-10,13-14,26H,4,11-12H2,1-3H3,(H2,23,25,27). The van der Waals surface area contributed by atoms with Crippen LogP contribution < -0.4 is 20.1 Å². The lowest BCUT2D eigenvalue weighted by molar-refractivity contribution is 0.252. The van der Waals surface area contributed by atoms with Crippen LogP contribution in [0.15, 0.2) is 53.1 Å². The minimum Gasteiger partial charge on any atom is -0.494 e. The van der Waals surface area contributed by atoms with E-state index < -0.39 is 16.1 Å². The Morgan fingerprint density at radius 1 is 1.16 bits per heavy atom. The van der Waals surface area contributed by atoms with Crippen LogP contribution in [0.1, 0.15) is 18.2 Å². The van der Waals surface area contributed by atoms with Gasteiger partial charge in [0.05, 0.1) is 24.2 Å². The number of hydrogen-bond acceptors (Lipinski definition) is 6. The van der Waals surface area contributed by atoms with Gasteiger partial charge in [0.1, 0.15) is 12.0 Å². The van der Waals surface area contributed by atoms with Gasteiger partial charge in [-0.1, -0.05) is 17.7 Å². The summed E-state index contributed by atoms with van der Waals surface area (Å²) in [4.78, 5) is 16.7. The van der Waals surface area contributed by atoms with Gasteiger partial charge in [-0.3, -0.25) is 4.72 Å². The van der Waals surface area contributed by atoms with Gasteiger partial charge < -0.3 is 19.8 Å². The summed E-state index contributed by atoms with van der Waals surface area (Å²) in [5, 5.41) is 5.44. The predicted molar refractivity (Wildman–Crippen MR) is 123 cm³/mol. The van der Waals surface area contributed by atoms with Crippen LogP contribution in [0, 0.1) is 6.92 Å². The van der Waals surface area contributed by atoms with Crippen molar-refractivity contribution in [2.24, 2.45) is 0 Å². The number of benzene rings is 2. The second-order valence-corrected chi connectivity index (χ2v) is 9.07. The topological polar surface area (TPSA) is 123 Å². The van der Waals surface area contributed by atoms with E-state index in [1.54, 1.807) is 18.4 Å². The Morgan fingerprint density at radius 2 is 1.91 bits per heavy atom. The zero-order valence-electron chi connectivity index (χ0n) is 18.1. The lowest BCUT2D eigenvalue weighted by atomic mass is 10.1. The van der Waals surface area contributed by atoms with Crippen LogP contribution in [-0.2, 0) is 16.4 Å². The van der Waals surface area contributed by atoms with Crippen LogP contribution in [0.25, 0.3) is 11.5 Å². The molecule has 10 heteroatoms. The van der Waals surface area contributed by atoms with E-state index >= 15 is 0 Å².